The first-order valence-corrected chi connectivity index (χ1v) is 7.76. The molecule has 1 amide bonds. The van der Waals surface area contributed by atoms with Gasteiger partial charge >= 0.3 is 0 Å². The SMILES string of the molecule is C=CCN(Cc1ccc(C)s1)C(=O)COc1ccccc1O. The second-order valence-corrected chi connectivity index (χ2v) is 6.20. The van der Waals surface area contributed by atoms with Gasteiger partial charge in [0.05, 0.1) is 6.54 Å². The van der Waals surface area contributed by atoms with E-state index in [9.17, 15) is 9.90 Å². The third kappa shape index (κ3) is 4.36. The van der Waals surface area contributed by atoms with Crippen LogP contribution in [0.3, 0.4) is 0 Å². The van der Waals surface area contributed by atoms with Crippen molar-refractivity contribution >= 4 is 17.2 Å². The number of rotatable bonds is 7. The molecule has 1 heterocycles. The lowest BCUT2D eigenvalue weighted by molar-refractivity contribution is -0.133. The number of nitrogens with zero attached hydrogens (tertiary/aromatic N) is 1. The zero-order valence-corrected chi connectivity index (χ0v) is 13.3. The summed E-state index contributed by atoms with van der Waals surface area (Å²) in [7, 11) is 0. The van der Waals surface area contributed by atoms with Crippen molar-refractivity contribution in [3.05, 3.63) is 58.8 Å². The molecule has 0 saturated heterocycles. The summed E-state index contributed by atoms with van der Waals surface area (Å²) in [5.74, 6) is 0.190. The molecule has 0 aliphatic carbocycles. The van der Waals surface area contributed by atoms with Gasteiger partial charge in [0, 0.05) is 16.3 Å². The predicted molar refractivity (Wildman–Crippen MR) is 88.3 cm³/mol. The molecule has 5 heteroatoms. The highest BCUT2D eigenvalue weighted by atomic mass is 32.1. The van der Waals surface area contributed by atoms with Gasteiger partial charge in [-0.05, 0) is 31.2 Å². The third-order valence-electron chi connectivity index (χ3n) is 3.06. The number of ether oxygens (including phenoxy) is 1. The van der Waals surface area contributed by atoms with Gasteiger partial charge in [-0.1, -0.05) is 18.2 Å². The average Bonchev–Trinajstić information content (AvgIpc) is 2.91. The van der Waals surface area contributed by atoms with Crippen molar-refractivity contribution < 1.29 is 14.6 Å². The number of phenols is 1. The fourth-order valence-corrected chi connectivity index (χ4v) is 2.88. The van der Waals surface area contributed by atoms with Crippen molar-refractivity contribution in [2.45, 2.75) is 13.5 Å². The van der Waals surface area contributed by atoms with E-state index >= 15 is 0 Å². The molecule has 0 unspecified atom stereocenters. The zero-order valence-electron chi connectivity index (χ0n) is 12.5. The van der Waals surface area contributed by atoms with Gasteiger partial charge in [0.15, 0.2) is 18.1 Å². The Morgan fingerprint density at radius 1 is 1.36 bits per heavy atom. The van der Waals surface area contributed by atoms with Crippen LogP contribution in [-0.2, 0) is 11.3 Å². The van der Waals surface area contributed by atoms with Gasteiger partial charge in [0.2, 0.25) is 0 Å². The van der Waals surface area contributed by atoms with E-state index in [1.165, 1.54) is 10.9 Å². The highest BCUT2D eigenvalue weighted by Gasteiger charge is 2.15. The molecule has 0 atom stereocenters. The number of phenolic OH excluding ortho intramolecular Hbond substituents is 1. The number of hydrogen-bond donors (Lipinski definition) is 1. The molecule has 1 aromatic heterocycles. The Balaban J connectivity index is 1.97. The summed E-state index contributed by atoms with van der Waals surface area (Å²) in [6.07, 6.45) is 1.69. The Morgan fingerprint density at radius 3 is 2.77 bits per heavy atom. The molecule has 0 bridgehead atoms. The summed E-state index contributed by atoms with van der Waals surface area (Å²) in [4.78, 5) is 16.3. The highest BCUT2D eigenvalue weighted by molar-refractivity contribution is 7.11. The van der Waals surface area contributed by atoms with Gasteiger partial charge in [-0.2, -0.15) is 0 Å². The molecule has 1 N–H and O–H groups in total. The van der Waals surface area contributed by atoms with Crippen LogP contribution in [0.1, 0.15) is 9.75 Å². The van der Waals surface area contributed by atoms with Crippen LogP contribution >= 0.6 is 11.3 Å². The summed E-state index contributed by atoms with van der Waals surface area (Å²) in [5, 5.41) is 9.64. The second-order valence-electron chi connectivity index (χ2n) is 4.83. The number of aryl methyl sites for hydroxylation is 1. The van der Waals surface area contributed by atoms with Crippen molar-refractivity contribution in [1.82, 2.24) is 4.90 Å². The maximum atomic E-state index is 12.3. The molecule has 0 aliphatic heterocycles. The topological polar surface area (TPSA) is 49.8 Å². The first-order valence-electron chi connectivity index (χ1n) is 6.95. The number of para-hydroxylation sites is 2. The summed E-state index contributed by atoms with van der Waals surface area (Å²) >= 11 is 1.67. The maximum absolute atomic E-state index is 12.3. The van der Waals surface area contributed by atoms with Crippen molar-refractivity contribution in [2.24, 2.45) is 0 Å². The van der Waals surface area contributed by atoms with Gasteiger partial charge in [-0.3, -0.25) is 4.79 Å². The Bertz CT molecular complexity index is 651. The Labute approximate surface area is 134 Å². The minimum Gasteiger partial charge on any atom is -0.504 e. The van der Waals surface area contributed by atoms with Crippen LogP contribution in [0.2, 0.25) is 0 Å². The average molecular weight is 317 g/mol. The molecule has 0 spiro atoms. The van der Waals surface area contributed by atoms with E-state index < -0.39 is 0 Å². The lowest BCUT2D eigenvalue weighted by Gasteiger charge is -2.20. The number of hydrogen-bond acceptors (Lipinski definition) is 4. The molecule has 116 valence electrons. The number of thiophene rings is 1. The highest BCUT2D eigenvalue weighted by Crippen LogP contribution is 2.24. The standard InChI is InChI=1S/C17H19NO3S/c1-3-10-18(11-14-9-8-13(2)22-14)17(20)12-21-16-7-5-4-6-15(16)19/h3-9,19H,1,10-12H2,2H3. The van der Waals surface area contributed by atoms with E-state index in [0.29, 0.717) is 18.8 Å². The fourth-order valence-electron chi connectivity index (χ4n) is 1.98. The van der Waals surface area contributed by atoms with Crippen LogP contribution in [0.4, 0.5) is 0 Å². The largest absolute Gasteiger partial charge is 0.504 e. The molecule has 2 aromatic rings. The predicted octanol–water partition coefficient (Wildman–Crippen LogP) is 3.36. The minimum atomic E-state index is -0.144. The molecular weight excluding hydrogens is 298 g/mol. The van der Waals surface area contributed by atoms with Crippen LogP contribution in [0, 0.1) is 6.92 Å². The lowest BCUT2D eigenvalue weighted by atomic mass is 10.3. The molecule has 1 aromatic carbocycles. The zero-order chi connectivity index (χ0) is 15.9. The van der Waals surface area contributed by atoms with Crippen LogP contribution < -0.4 is 4.74 Å². The normalized spacial score (nSPS) is 10.2. The molecular formula is C17H19NO3S. The first-order chi connectivity index (χ1) is 10.6. The van der Waals surface area contributed by atoms with Crippen LogP contribution in [0.5, 0.6) is 11.5 Å². The minimum absolute atomic E-state index is 0.0273. The molecule has 0 aliphatic rings. The van der Waals surface area contributed by atoms with Crippen molar-refractivity contribution in [3.8, 4) is 11.5 Å². The van der Waals surface area contributed by atoms with Crippen LogP contribution in [0.15, 0.2) is 49.1 Å². The van der Waals surface area contributed by atoms with Crippen molar-refractivity contribution in [2.75, 3.05) is 13.2 Å². The van der Waals surface area contributed by atoms with E-state index in [1.54, 1.807) is 40.5 Å². The Kier molecular flexibility index (Phi) is 5.61. The molecule has 2 rings (SSSR count). The number of amides is 1. The molecule has 0 fully saturated rings. The van der Waals surface area contributed by atoms with E-state index in [4.69, 9.17) is 4.74 Å². The fraction of sp³-hybridized carbons (Fsp3) is 0.235. The number of benzene rings is 1. The summed E-state index contributed by atoms with van der Waals surface area (Å²) in [5.41, 5.74) is 0. The Hall–Kier alpha value is -2.27. The van der Waals surface area contributed by atoms with Gasteiger partial charge in [-0.25, -0.2) is 0 Å². The number of carbonyl (C=O) groups is 1. The van der Waals surface area contributed by atoms with E-state index in [0.717, 1.165) is 4.88 Å². The van der Waals surface area contributed by atoms with Crippen molar-refractivity contribution in [1.29, 1.82) is 0 Å². The monoisotopic (exact) mass is 317 g/mol. The number of carbonyl (C=O) groups excluding carboxylic acids is 1. The van der Waals surface area contributed by atoms with Crippen LogP contribution in [-0.4, -0.2) is 29.1 Å². The quantitative estimate of drug-likeness (QED) is 0.797. The lowest BCUT2D eigenvalue weighted by Crippen LogP contribution is -2.34. The van der Waals surface area contributed by atoms with E-state index in [1.807, 2.05) is 19.1 Å². The first kappa shape index (κ1) is 16.1. The molecule has 0 saturated carbocycles. The maximum Gasteiger partial charge on any atom is 0.261 e. The van der Waals surface area contributed by atoms with Gasteiger partial charge < -0.3 is 14.7 Å². The Morgan fingerprint density at radius 2 is 2.14 bits per heavy atom. The number of aromatic hydroxyl groups is 1. The summed E-state index contributed by atoms with van der Waals surface area (Å²) < 4.78 is 5.40. The van der Waals surface area contributed by atoms with Crippen molar-refractivity contribution in [3.63, 3.8) is 0 Å². The van der Waals surface area contributed by atoms with Gasteiger partial charge in [0.1, 0.15) is 0 Å². The van der Waals surface area contributed by atoms with Crippen LogP contribution in [0.25, 0.3) is 0 Å². The van der Waals surface area contributed by atoms with E-state index in [-0.39, 0.29) is 18.3 Å². The smallest absolute Gasteiger partial charge is 0.261 e. The molecule has 4 nitrogen and oxygen atoms in total. The summed E-state index contributed by atoms with van der Waals surface area (Å²) in [6.45, 7) is 6.61. The molecule has 22 heavy (non-hydrogen) atoms. The second kappa shape index (κ2) is 7.66. The van der Waals surface area contributed by atoms with Gasteiger partial charge in [0.25, 0.3) is 5.91 Å². The third-order valence-corrected chi connectivity index (χ3v) is 4.05. The van der Waals surface area contributed by atoms with E-state index in [2.05, 4.69) is 6.58 Å². The molecule has 0 radical (unpaired) electrons. The summed E-state index contributed by atoms with van der Waals surface area (Å²) in [6, 6.07) is 10.7. The van der Waals surface area contributed by atoms with Gasteiger partial charge in [-0.15, -0.1) is 17.9 Å².